The van der Waals surface area contributed by atoms with Gasteiger partial charge in [-0.25, -0.2) is 4.79 Å². The summed E-state index contributed by atoms with van der Waals surface area (Å²) in [5.41, 5.74) is 3.26. The molecule has 0 spiro atoms. The van der Waals surface area contributed by atoms with Crippen molar-refractivity contribution < 1.29 is 19.4 Å². The molecule has 2 N–H and O–H groups in total. The first kappa shape index (κ1) is 17.9. The van der Waals surface area contributed by atoms with Gasteiger partial charge in [0.05, 0.1) is 12.2 Å². The van der Waals surface area contributed by atoms with Crippen LogP contribution in [0.15, 0.2) is 36.7 Å². The highest BCUT2D eigenvalue weighted by Crippen LogP contribution is 2.30. The molecule has 6 nitrogen and oxygen atoms in total. The number of hydrogen-bond donors (Lipinski definition) is 2. The lowest BCUT2D eigenvalue weighted by atomic mass is 10.0. The lowest BCUT2D eigenvalue weighted by Gasteiger charge is -2.14. The molecular weight excluding hydrogens is 332 g/mol. The van der Waals surface area contributed by atoms with Crippen molar-refractivity contribution in [2.24, 2.45) is 0 Å². The van der Waals surface area contributed by atoms with Gasteiger partial charge in [0.25, 0.3) is 5.91 Å². The van der Waals surface area contributed by atoms with Crippen molar-refractivity contribution in [1.29, 1.82) is 0 Å². The van der Waals surface area contributed by atoms with Crippen LogP contribution in [0.25, 0.3) is 11.1 Å². The molecule has 0 bridgehead atoms. The molecular formula is C20H22N2O4. The summed E-state index contributed by atoms with van der Waals surface area (Å²) in [7, 11) is 0. The Morgan fingerprint density at radius 3 is 2.88 bits per heavy atom. The fourth-order valence-corrected chi connectivity index (χ4v) is 3.00. The van der Waals surface area contributed by atoms with E-state index in [0.29, 0.717) is 18.6 Å². The van der Waals surface area contributed by atoms with Crippen LogP contribution in [0.5, 0.6) is 5.75 Å². The average molecular weight is 354 g/mol. The normalized spacial score (nSPS) is 13.6. The number of unbranched alkanes of at least 4 members (excludes halogenated alkanes) is 1. The number of hydrogen-bond acceptors (Lipinski definition) is 4. The number of aromatic nitrogens is 1. The zero-order chi connectivity index (χ0) is 18.5. The average Bonchev–Trinajstić information content (AvgIpc) is 3.12. The number of nitrogens with one attached hydrogen (secondary N) is 1. The Labute approximate surface area is 152 Å². The lowest BCUT2D eigenvalue weighted by Crippen LogP contribution is -2.40. The largest absolute Gasteiger partial charge is 0.493 e. The summed E-state index contributed by atoms with van der Waals surface area (Å²) >= 11 is 0. The number of nitrogens with zero attached hydrogens (tertiary/aromatic N) is 1. The quantitative estimate of drug-likeness (QED) is 0.798. The summed E-state index contributed by atoms with van der Waals surface area (Å²) in [6.45, 7) is 2.67. The monoisotopic (exact) mass is 354 g/mol. The van der Waals surface area contributed by atoms with E-state index in [1.165, 1.54) is 6.20 Å². The maximum Gasteiger partial charge on any atom is 0.326 e. The predicted molar refractivity (Wildman–Crippen MR) is 97.3 cm³/mol. The number of carboxylic acid groups (broad SMARTS) is 1. The van der Waals surface area contributed by atoms with Crippen LogP contribution in [-0.4, -0.2) is 34.6 Å². The Morgan fingerprint density at radius 2 is 2.12 bits per heavy atom. The van der Waals surface area contributed by atoms with Crippen molar-refractivity contribution in [3.8, 4) is 16.9 Å². The van der Waals surface area contributed by atoms with E-state index < -0.39 is 17.9 Å². The van der Waals surface area contributed by atoms with Crippen molar-refractivity contribution in [3.63, 3.8) is 0 Å². The molecule has 0 saturated heterocycles. The molecule has 0 radical (unpaired) electrons. The number of carboxylic acids is 1. The molecule has 0 unspecified atom stereocenters. The summed E-state index contributed by atoms with van der Waals surface area (Å²) in [6, 6.07) is 6.75. The van der Waals surface area contributed by atoms with Crippen LogP contribution in [0.1, 0.15) is 42.1 Å². The third kappa shape index (κ3) is 4.02. The molecule has 1 aromatic heterocycles. The molecule has 6 heteroatoms. The van der Waals surface area contributed by atoms with Crippen molar-refractivity contribution >= 4 is 11.9 Å². The van der Waals surface area contributed by atoms with Gasteiger partial charge < -0.3 is 15.2 Å². The number of benzene rings is 1. The molecule has 0 saturated carbocycles. The van der Waals surface area contributed by atoms with Crippen LogP contribution in [0.4, 0.5) is 0 Å². The van der Waals surface area contributed by atoms with Crippen molar-refractivity contribution in [2.75, 3.05) is 6.61 Å². The summed E-state index contributed by atoms with van der Waals surface area (Å²) in [6.07, 6.45) is 6.05. The van der Waals surface area contributed by atoms with Gasteiger partial charge in [0, 0.05) is 24.4 Å². The first-order chi connectivity index (χ1) is 12.6. The molecule has 1 aromatic carbocycles. The summed E-state index contributed by atoms with van der Waals surface area (Å²) < 4.78 is 5.51. The van der Waals surface area contributed by atoms with Crippen LogP contribution >= 0.6 is 0 Å². The summed E-state index contributed by atoms with van der Waals surface area (Å²) in [4.78, 5) is 27.9. The van der Waals surface area contributed by atoms with E-state index in [9.17, 15) is 14.7 Å². The summed E-state index contributed by atoms with van der Waals surface area (Å²) in [5, 5.41) is 11.9. The van der Waals surface area contributed by atoms with Crippen molar-refractivity contribution in [2.45, 2.75) is 38.6 Å². The second-order valence-electron chi connectivity index (χ2n) is 6.39. The molecule has 1 atom stereocenters. The first-order valence-electron chi connectivity index (χ1n) is 8.83. The second-order valence-corrected chi connectivity index (χ2v) is 6.39. The number of amides is 1. The second kappa shape index (κ2) is 7.99. The number of aliphatic carboxylic acids is 1. The smallest absolute Gasteiger partial charge is 0.326 e. The molecule has 26 heavy (non-hydrogen) atoms. The standard InChI is InChI=1S/C20H22N2O4/c1-2-3-4-17(20(24)25)22-19(23)16-10-15(11-21-12-16)13-5-6-18-14(9-13)7-8-26-18/h5-6,9-12,17H,2-4,7-8H2,1H3,(H,22,23)(H,24,25)/t17-/m0/s1. The zero-order valence-electron chi connectivity index (χ0n) is 14.7. The van der Waals surface area contributed by atoms with Gasteiger partial charge in [-0.2, -0.15) is 0 Å². The van der Waals surface area contributed by atoms with E-state index in [1.807, 2.05) is 25.1 Å². The molecule has 3 rings (SSSR count). The minimum Gasteiger partial charge on any atom is -0.493 e. The lowest BCUT2D eigenvalue weighted by molar-refractivity contribution is -0.139. The molecule has 2 heterocycles. The Hall–Kier alpha value is -2.89. The van der Waals surface area contributed by atoms with E-state index >= 15 is 0 Å². The van der Waals surface area contributed by atoms with Crippen LogP contribution in [-0.2, 0) is 11.2 Å². The number of ether oxygens (including phenoxy) is 1. The van der Waals surface area contributed by atoms with E-state index in [0.717, 1.165) is 41.7 Å². The maximum absolute atomic E-state index is 12.5. The van der Waals surface area contributed by atoms with Crippen molar-refractivity contribution in [1.82, 2.24) is 10.3 Å². The van der Waals surface area contributed by atoms with Gasteiger partial charge >= 0.3 is 5.97 Å². The Morgan fingerprint density at radius 1 is 1.27 bits per heavy atom. The molecule has 2 aromatic rings. The maximum atomic E-state index is 12.5. The Kier molecular flexibility index (Phi) is 5.51. The highest BCUT2D eigenvalue weighted by molar-refractivity contribution is 5.97. The van der Waals surface area contributed by atoms with Gasteiger partial charge in [-0.05, 0) is 35.7 Å². The fourth-order valence-electron chi connectivity index (χ4n) is 3.00. The van der Waals surface area contributed by atoms with Crippen LogP contribution in [0, 0.1) is 0 Å². The third-order valence-corrected chi connectivity index (χ3v) is 4.47. The molecule has 1 aliphatic heterocycles. The third-order valence-electron chi connectivity index (χ3n) is 4.47. The highest BCUT2D eigenvalue weighted by Gasteiger charge is 2.20. The number of carbonyl (C=O) groups excluding carboxylic acids is 1. The van der Waals surface area contributed by atoms with E-state index in [2.05, 4.69) is 10.3 Å². The van der Waals surface area contributed by atoms with E-state index in [1.54, 1.807) is 12.3 Å². The first-order valence-corrected chi connectivity index (χ1v) is 8.83. The van der Waals surface area contributed by atoms with E-state index in [-0.39, 0.29) is 0 Å². The van der Waals surface area contributed by atoms with Gasteiger partial charge in [-0.15, -0.1) is 0 Å². The molecule has 1 amide bonds. The number of fused-ring (bicyclic) bond motifs is 1. The minimum atomic E-state index is -1.02. The molecule has 136 valence electrons. The molecule has 0 aliphatic carbocycles. The minimum absolute atomic E-state index is 0.349. The molecule has 1 aliphatic rings. The van der Waals surface area contributed by atoms with Gasteiger partial charge in [0.1, 0.15) is 11.8 Å². The molecule has 0 fully saturated rings. The zero-order valence-corrected chi connectivity index (χ0v) is 14.7. The Bertz CT molecular complexity index is 819. The van der Waals surface area contributed by atoms with Crippen LogP contribution < -0.4 is 10.1 Å². The fraction of sp³-hybridized carbons (Fsp3) is 0.350. The number of carbonyl (C=O) groups is 2. The van der Waals surface area contributed by atoms with Gasteiger partial charge in [0.15, 0.2) is 0 Å². The number of pyridine rings is 1. The predicted octanol–water partition coefficient (Wildman–Crippen LogP) is 3.06. The van der Waals surface area contributed by atoms with Gasteiger partial charge in [-0.3, -0.25) is 9.78 Å². The number of rotatable bonds is 7. The highest BCUT2D eigenvalue weighted by atomic mass is 16.5. The summed E-state index contributed by atoms with van der Waals surface area (Å²) in [5.74, 6) is -0.544. The van der Waals surface area contributed by atoms with Crippen molar-refractivity contribution in [3.05, 3.63) is 47.8 Å². The van der Waals surface area contributed by atoms with Crippen LogP contribution in [0.2, 0.25) is 0 Å². The Balaban J connectivity index is 1.78. The van der Waals surface area contributed by atoms with Crippen LogP contribution in [0.3, 0.4) is 0 Å². The SMILES string of the molecule is CCCC[C@H](NC(=O)c1cncc(-c2ccc3c(c2)CCO3)c1)C(=O)O. The van der Waals surface area contributed by atoms with Gasteiger partial charge in [0.2, 0.25) is 0 Å². The topological polar surface area (TPSA) is 88.5 Å². The van der Waals surface area contributed by atoms with E-state index in [4.69, 9.17) is 4.74 Å². The van der Waals surface area contributed by atoms with Gasteiger partial charge in [-0.1, -0.05) is 25.8 Å².